The number of ether oxygens (including phenoxy) is 2. The second-order valence-corrected chi connectivity index (χ2v) is 4.89. The minimum atomic E-state index is -0.222. The van der Waals surface area contributed by atoms with Gasteiger partial charge in [0, 0.05) is 23.9 Å². The number of nitrogens with two attached hydrogens (primary N) is 1. The third-order valence-electron chi connectivity index (χ3n) is 2.08. The molecule has 0 atom stereocenters. The van der Waals surface area contributed by atoms with Crippen LogP contribution < -0.4 is 20.5 Å². The van der Waals surface area contributed by atoms with Crippen molar-refractivity contribution in [2.45, 2.75) is 26.3 Å². The zero-order valence-electron chi connectivity index (χ0n) is 11.6. The van der Waals surface area contributed by atoms with Crippen molar-refractivity contribution in [3.05, 3.63) is 18.2 Å². The van der Waals surface area contributed by atoms with Gasteiger partial charge in [0.1, 0.15) is 11.5 Å². The predicted molar refractivity (Wildman–Crippen MR) is 74.5 cm³/mol. The van der Waals surface area contributed by atoms with E-state index in [2.05, 4.69) is 10.3 Å². The molecule has 0 amide bonds. The van der Waals surface area contributed by atoms with Crippen molar-refractivity contribution in [2.24, 2.45) is 10.7 Å². The summed E-state index contributed by atoms with van der Waals surface area (Å²) >= 11 is 0. The number of anilines is 1. The monoisotopic (exact) mass is 251 g/mol. The molecule has 1 aromatic carbocycles. The number of hydrogen-bond donors (Lipinski definition) is 2. The Balaban J connectivity index is 2.93. The SMILES string of the molecule is COc1cc(NC(N)=NC(C)(C)C)cc(OC)c1. The Hall–Kier alpha value is -1.91. The number of hydrogen-bond acceptors (Lipinski definition) is 3. The molecule has 100 valence electrons. The van der Waals surface area contributed by atoms with Crippen LogP contribution in [0.5, 0.6) is 11.5 Å². The number of guanidine groups is 1. The van der Waals surface area contributed by atoms with Crippen LogP contribution in [0.15, 0.2) is 23.2 Å². The number of methoxy groups -OCH3 is 2. The predicted octanol–water partition coefficient (Wildman–Crippen LogP) is 2.23. The topological polar surface area (TPSA) is 68.9 Å². The van der Waals surface area contributed by atoms with Crippen LogP contribution in [0, 0.1) is 0 Å². The zero-order chi connectivity index (χ0) is 13.8. The summed E-state index contributed by atoms with van der Waals surface area (Å²) in [4.78, 5) is 4.32. The lowest BCUT2D eigenvalue weighted by Gasteiger charge is -2.15. The van der Waals surface area contributed by atoms with Crippen molar-refractivity contribution in [2.75, 3.05) is 19.5 Å². The lowest BCUT2D eigenvalue weighted by atomic mass is 10.1. The lowest BCUT2D eigenvalue weighted by molar-refractivity contribution is 0.395. The van der Waals surface area contributed by atoms with E-state index in [0.717, 1.165) is 5.69 Å². The Morgan fingerprint density at radius 3 is 2.00 bits per heavy atom. The first-order valence-electron chi connectivity index (χ1n) is 5.69. The van der Waals surface area contributed by atoms with Gasteiger partial charge in [0.2, 0.25) is 0 Å². The van der Waals surface area contributed by atoms with Crippen LogP contribution in [0.2, 0.25) is 0 Å². The third kappa shape index (κ3) is 4.53. The fraction of sp³-hybridized carbons (Fsp3) is 0.462. The molecule has 0 saturated carbocycles. The van der Waals surface area contributed by atoms with E-state index in [1.54, 1.807) is 20.3 Å². The second-order valence-electron chi connectivity index (χ2n) is 4.89. The van der Waals surface area contributed by atoms with Gasteiger partial charge in [-0.05, 0) is 20.8 Å². The molecule has 0 saturated heterocycles. The van der Waals surface area contributed by atoms with E-state index >= 15 is 0 Å². The Bertz CT molecular complexity index is 414. The highest BCUT2D eigenvalue weighted by molar-refractivity contribution is 5.92. The molecule has 0 radical (unpaired) electrons. The highest BCUT2D eigenvalue weighted by Crippen LogP contribution is 2.25. The van der Waals surface area contributed by atoms with E-state index in [4.69, 9.17) is 15.2 Å². The van der Waals surface area contributed by atoms with Crippen molar-refractivity contribution in [1.82, 2.24) is 0 Å². The van der Waals surface area contributed by atoms with Crippen LogP contribution in [0.25, 0.3) is 0 Å². The van der Waals surface area contributed by atoms with E-state index in [9.17, 15) is 0 Å². The van der Waals surface area contributed by atoms with Crippen LogP contribution in [-0.2, 0) is 0 Å². The standard InChI is InChI=1S/C13H21N3O2/c1-13(2,3)16-12(14)15-9-6-10(17-4)8-11(7-9)18-5/h6-8H,1-5H3,(H3,14,15,16). The van der Waals surface area contributed by atoms with Gasteiger partial charge in [0.25, 0.3) is 0 Å². The van der Waals surface area contributed by atoms with Gasteiger partial charge < -0.3 is 20.5 Å². The number of aliphatic imine (C=N–C) groups is 1. The highest BCUT2D eigenvalue weighted by atomic mass is 16.5. The van der Waals surface area contributed by atoms with Crippen molar-refractivity contribution >= 4 is 11.6 Å². The summed E-state index contributed by atoms with van der Waals surface area (Å²) in [5.74, 6) is 1.75. The Kier molecular flexibility index (Phi) is 4.42. The minimum absolute atomic E-state index is 0.222. The van der Waals surface area contributed by atoms with Crippen molar-refractivity contribution in [3.63, 3.8) is 0 Å². The summed E-state index contributed by atoms with van der Waals surface area (Å²) in [6, 6.07) is 5.45. The van der Waals surface area contributed by atoms with E-state index in [1.165, 1.54) is 0 Å². The van der Waals surface area contributed by atoms with Gasteiger partial charge in [-0.2, -0.15) is 0 Å². The van der Waals surface area contributed by atoms with E-state index in [-0.39, 0.29) is 5.54 Å². The largest absolute Gasteiger partial charge is 0.497 e. The molecular formula is C13H21N3O2. The maximum atomic E-state index is 5.83. The van der Waals surface area contributed by atoms with Crippen LogP contribution in [0.1, 0.15) is 20.8 Å². The minimum Gasteiger partial charge on any atom is -0.497 e. The summed E-state index contributed by atoms with van der Waals surface area (Å²) < 4.78 is 10.4. The molecule has 0 aliphatic carbocycles. The fourth-order valence-corrected chi connectivity index (χ4v) is 1.42. The number of benzene rings is 1. The smallest absolute Gasteiger partial charge is 0.193 e. The quantitative estimate of drug-likeness (QED) is 0.638. The molecule has 5 heteroatoms. The molecule has 1 aromatic rings. The summed E-state index contributed by atoms with van der Waals surface area (Å²) in [5, 5.41) is 3.02. The second kappa shape index (κ2) is 5.62. The van der Waals surface area contributed by atoms with Gasteiger partial charge in [-0.3, -0.25) is 0 Å². The summed E-state index contributed by atoms with van der Waals surface area (Å²) in [5.41, 5.74) is 6.38. The van der Waals surface area contributed by atoms with Crippen LogP contribution in [0.4, 0.5) is 5.69 Å². The normalized spacial score (nSPS) is 12.2. The summed E-state index contributed by atoms with van der Waals surface area (Å²) in [6.07, 6.45) is 0. The average molecular weight is 251 g/mol. The van der Waals surface area contributed by atoms with Gasteiger partial charge >= 0.3 is 0 Å². The molecule has 0 aromatic heterocycles. The van der Waals surface area contributed by atoms with Crippen molar-refractivity contribution in [1.29, 1.82) is 0 Å². The molecule has 0 spiro atoms. The van der Waals surface area contributed by atoms with Gasteiger partial charge in [0.05, 0.1) is 19.8 Å². The average Bonchev–Trinajstić information content (AvgIpc) is 2.25. The molecule has 1 rings (SSSR count). The van der Waals surface area contributed by atoms with Crippen LogP contribution in [-0.4, -0.2) is 25.7 Å². The van der Waals surface area contributed by atoms with Gasteiger partial charge in [-0.1, -0.05) is 0 Å². The molecule has 3 N–H and O–H groups in total. The molecule has 0 fully saturated rings. The van der Waals surface area contributed by atoms with Crippen LogP contribution >= 0.6 is 0 Å². The van der Waals surface area contributed by atoms with Gasteiger partial charge in [-0.25, -0.2) is 4.99 Å². The van der Waals surface area contributed by atoms with E-state index < -0.39 is 0 Å². The Morgan fingerprint density at radius 1 is 1.11 bits per heavy atom. The number of nitrogens with zero attached hydrogens (tertiary/aromatic N) is 1. The number of nitrogens with one attached hydrogen (secondary N) is 1. The summed E-state index contributed by atoms with van der Waals surface area (Å²) in [6.45, 7) is 5.94. The summed E-state index contributed by atoms with van der Waals surface area (Å²) in [7, 11) is 3.20. The van der Waals surface area contributed by atoms with Crippen molar-refractivity contribution in [3.8, 4) is 11.5 Å². The first kappa shape index (κ1) is 14.2. The molecule has 0 unspecified atom stereocenters. The Morgan fingerprint density at radius 2 is 1.61 bits per heavy atom. The Labute approximate surface area is 108 Å². The van der Waals surface area contributed by atoms with Gasteiger partial charge in [0.15, 0.2) is 5.96 Å². The van der Waals surface area contributed by atoms with E-state index in [0.29, 0.717) is 17.5 Å². The highest BCUT2D eigenvalue weighted by Gasteiger charge is 2.09. The molecule has 0 aliphatic rings. The van der Waals surface area contributed by atoms with E-state index in [1.807, 2.05) is 32.9 Å². The maximum Gasteiger partial charge on any atom is 0.193 e. The third-order valence-corrected chi connectivity index (χ3v) is 2.08. The first-order valence-corrected chi connectivity index (χ1v) is 5.69. The molecule has 0 bridgehead atoms. The fourth-order valence-electron chi connectivity index (χ4n) is 1.42. The lowest BCUT2D eigenvalue weighted by Crippen LogP contribution is -2.27. The van der Waals surface area contributed by atoms with Crippen LogP contribution in [0.3, 0.4) is 0 Å². The molecule has 18 heavy (non-hydrogen) atoms. The molecular weight excluding hydrogens is 230 g/mol. The van der Waals surface area contributed by atoms with Gasteiger partial charge in [-0.15, -0.1) is 0 Å². The first-order chi connectivity index (χ1) is 8.34. The molecule has 0 aliphatic heterocycles. The molecule has 0 heterocycles. The number of rotatable bonds is 3. The zero-order valence-corrected chi connectivity index (χ0v) is 11.6. The molecule has 5 nitrogen and oxygen atoms in total. The van der Waals surface area contributed by atoms with Crippen molar-refractivity contribution < 1.29 is 9.47 Å². The maximum absolute atomic E-state index is 5.83.